The van der Waals surface area contributed by atoms with Crippen molar-refractivity contribution >= 4 is 29.9 Å². The summed E-state index contributed by atoms with van der Waals surface area (Å²) in [4.78, 5) is 50.2. The summed E-state index contributed by atoms with van der Waals surface area (Å²) in [6, 6.07) is 3.01. The number of anilines is 1. The second kappa shape index (κ2) is 8.65. The molecule has 2 saturated heterocycles. The van der Waals surface area contributed by atoms with Gasteiger partial charge in [-0.25, -0.2) is 4.98 Å². The molecule has 28 heavy (non-hydrogen) atoms. The molecule has 3 aliphatic rings. The summed E-state index contributed by atoms with van der Waals surface area (Å²) in [5.74, 6) is -0.818. The molecule has 3 amide bonds. The van der Waals surface area contributed by atoms with Crippen molar-refractivity contribution in [3.63, 3.8) is 0 Å². The van der Waals surface area contributed by atoms with Crippen molar-refractivity contribution in [3.05, 3.63) is 17.8 Å². The lowest BCUT2D eigenvalue weighted by molar-refractivity contribution is -0.134. The van der Waals surface area contributed by atoms with Crippen LogP contribution in [0, 0.1) is 0 Å². The second-order valence-corrected chi connectivity index (χ2v) is 6.47. The average molecular weight is 391 g/mol. The Balaban J connectivity index is 0.000000706. The zero-order chi connectivity index (χ0) is 20.1. The van der Waals surface area contributed by atoms with E-state index in [4.69, 9.17) is 14.6 Å². The first-order valence-electron chi connectivity index (χ1n) is 8.87. The first-order valence-corrected chi connectivity index (χ1v) is 8.87. The summed E-state index contributed by atoms with van der Waals surface area (Å²) in [7, 11) is 0. The highest BCUT2D eigenvalue weighted by Gasteiger charge is 2.32. The first kappa shape index (κ1) is 19.5. The standard InChI is InChI=1S/C16H19N5O4.CH2O2/c22-13-4-2-10(15(24)20-13)18-14(23)11-1-3-12-16(19-11)25-8-9-7-17-5-6-21(9)12;2-1-3/h1,3,9-10,17H,2,4-8H2,(H,18,23)(H,20,22,24);1H,(H,2,3). The Labute approximate surface area is 160 Å². The Morgan fingerprint density at radius 2 is 2.18 bits per heavy atom. The van der Waals surface area contributed by atoms with Crippen LogP contribution in [0.3, 0.4) is 0 Å². The number of aromatic nitrogens is 1. The van der Waals surface area contributed by atoms with Gasteiger partial charge in [-0.2, -0.15) is 0 Å². The van der Waals surface area contributed by atoms with Crippen LogP contribution in [0.4, 0.5) is 5.69 Å². The van der Waals surface area contributed by atoms with E-state index < -0.39 is 17.9 Å². The number of carboxylic acid groups (broad SMARTS) is 1. The van der Waals surface area contributed by atoms with E-state index in [1.54, 1.807) is 6.07 Å². The number of nitrogens with one attached hydrogen (secondary N) is 3. The monoisotopic (exact) mass is 391 g/mol. The number of imide groups is 1. The van der Waals surface area contributed by atoms with Crippen molar-refractivity contribution in [2.24, 2.45) is 0 Å². The fourth-order valence-corrected chi connectivity index (χ4v) is 3.35. The van der Waals surface area contributed by atoms with E-state index in [9.17, 15) is 14.4 Å². The molecule has 2 fully saturated rings. The molecule has 0 aliphatic carbocycles. The molecular weight excluding hydrogens is 370 g/mol. The lowest BCUT2D eigenvalue weighted by Gasteiger charge is -2.41. The molecule has 0 saturated carbocycles. The number of fused-ring (bicyclic) bond motifs is 3. The van der Waals surface area contributed by atoms with Gasteiger partial charge in [0.1, 0.15) is 24.0 Å². The van der Waals surface area contributed by atoms with E-state index in [0.29, 0.717) is 18.9 Å². The minimum Gasteiger partial charge on any atom is -0.483 e. The number of hydrogen-bond acceptors (Lipinski definition) is 8. The molecule has 4 N–H and O–H groups in total. The van der Waals surface area contributed by atoms with E-state index in [1.807, 2.05) is 6.07 Å². The predicted molar refractivity (Wildman–Crippen MR) is 96.1 cm³/mol. The maximum Gasteiger partial charge on any atom is 0.290 e. The Kier molecular flexibility index (Phi) is 6.04. The van der Waals surface area contributed by atoms with Gasteiger partial charge >= 0.3 is 0 Å². The molecule has 11 heteroatoms. The highest BCUT2D eigenvalue weighted by atomic mass is 16.5. The van der Waals surface area contributed by atoms with Crippen molar-refractivity contribution in [2.75, 3.05) is 31.1 Å². The molecule has 11 nitrogen and oxygen atoms in total. The van der Waals surface area contributed by atoms with Crippen LogP contribution in [0.15, 0.2) is 12.1 Å². The van der Waals surface area contributed by atoms with Crippen LogP contribution in [0.1, 0.15) is 23.3 Å². The lowest BCUT2D eigenvalue weighted by Crippen LogP contribution is -2.56. The van der Waals surface area contributed by atoms with Gasteiger partial charge in [0.15, 0.2) is 0 Å². The zero-order valence-corrected chi connectivity index (χ0v) is 15.0. The molecule has 2 atom stereocenters. The number of pyridine rings is 1. The van der Waals surface area contributed by atoms with Crippen LogP contribution in [-0.4, -0.2) is 72.6 Å². The number of carbonyl (C=O) groups is 4. The lowest BCUT2D eigenvalue weighted by atomic mass is 10.1. The van der Waals surface area contributed by atoms with E-state index >= 15 is 0 Å². The van der Waals surface area contributed by atoms with Crippen LogP contribution in [-0.2, 0) is 14.4 Å². The molecular formula is C17H21N5O6. The maximum atomic E-state index is 12.4. The number of piperazine rings is 1. The third kappa shape index (κ3) is 4.19. The number of rotatable bonds is 2. The van der Waals surface area contributed by atoms with Crippen molar-refractivity contribution in [3.8, 4) is 5.88 Å². The summed E-state index contributed by atoms with van der Waals surface area (Å²) >= 11 is 0. The third-order valence-corrected chi connectivity index (χ3v) is 4.69. The highest BCUT2D eigenvalue weighted by molar-refractivity contribution is 6.03. The van der Waals surface area contributed by atoms with Crippen LogP contribution >= 0.6 is 0 Å². The van der Waals surface area contributed by atoms with Crippen LogP contribution in [0.25, 0.3) is 0 Å². The minimum atomic E-state index is -0.721. The highest BCUT2D eigenvalue weighted by Crippen LogP contribution is 2.32. The minimum absolute atomic E-state index is 0.192. The average Bonchev–Trinajstić information content (AvgIpc) is 2.70. The van der Waals surface area contributed by atoms with Crippen LogP contribution < -0.4 is 25.6 Å². The fourth-order valence-electron chi connectivity index (χ4n) is 3.35. The Hall–Kier alpha value is -3.21. The Morgan fingerprint density at radius 3 is 2.93 bits per heavy atom. The van der Waals surface area contributed by atoms with Gasteiger partial charge in [-0.1, -0.05) is 0 Å². The van der Waals surface area contributed by atoms with Crippen LogP contribution in [0.2, 0.25) is 0 Å². The van der Waals surface area contributed by atoms with Gasteiger partial charge in [0.25, 0.3) is 12.4 Å². The van der Waals surface area contributed by atoms with E-state index in [-0.39, 0.29) is 30.5 Å². The molecule has 1 aromatic rings. The van der Waals surface area contributed by atoms with Gasteiger partial charge < -0.3 is 25.4 Å². The van der Waals surface area contributed by atoms with Gasteiger partial charge in [-0.3, -0.25) is 24.5 Å². The fraction of sp³-hybridized carbons (Fsp3) is 0.471. The zero-order valence-electron chi connectivity index (χ0n) is 15.0. The van der Waals surface area contributed by atoms with Gasteiger partial charge in [0.2, 0.25) is 17.7 Å². The molecule has 150 valence electrons. The quantitative estimate of drug-likeness (QED) is 0.348. The van der Waals surface area contributed by atoms with Gasteiger partial charge in [-0.15, -0.1) is 0 Å². The van der Waals surface area contributed by atoms with E-state index in [1.165, 1.54) is 0 Å². The van der Waals surface area contributed by atoms with Crippen molar-refractivity contribution in [2.45, 2.75) is 24.9 Å². The maximum absolute atomic E-state index is 12.4. The number of ether oxygens (including phenoxy) is 1. The number of piperidine rings is 1. The topological polar surface area (TPSA) is 150 Å². The molecule has 0 aromatic carbocycles. The van der Waals surface area contributed by atoms with Gasteiger partial charge in [-0.05, 0) is 18.6 Å². The van der Waals surface area contributed by atoms with Crippen LogP contribution in [0.5, 0.6) is 5.88 Å². The smallest absolute Gasteiger partial charge is 0.290 e. The summed E-state index contributed by atoms with van der Waals surface area (Å²) in [6.07, 6.45) is 0.502. The summed E-state index contributed by atoms with van der Waals surface area (Å²) < 4.78 is 5.71. The normalized spacial score (nSPS) is 23.1. The van der Waals surface area contributed by atoms with E-state index in [0.717, 1.165) is 25.3 Å². The molecule has 4 heterocycles. The Bertz CT molecular complexity index is 785. The first-order chi connectivity index (χ1) is 13.5. The number of amides is 3. The number of hydrogen-bond donors (Lipinski definition) is 4. The van der Waals surface area contributed by atoms with Crippen molar-refractivity contribution in [1.29, 1.82) is 0 Å². The van der Waals surface area contributed by atoms with E-state index in [2.05, 4.69) is 25.8 Å². The third-order valence-electron chi connectivity index (χ3n) is 4.69. The van der Waals surface area contributed by atoms with Gasteiger partial charge in [0.05, 0.1) is 6.04 Å². The molecule has 0 bridgehead atoms. The second-order valence-electron chi connectivity index (χ2n) is 6.47. The SMILES string of the molecule is O=C1CCC(NC(=O)c2ccc3c(n2)OCC2CNCCN32)C(=O)N1.O=CO. The molecule has 2 unspecified atom stereocenters. The van der Waals surface area contributed by atoms with Crippen molar-refractivity contribution in [1.82, 2.24) is 20.9 Å². The summed E-state index contributed by atoms with van der Waals surface area (Å²) in [6.45, 7) is 2.89. The predicted octanol–water partition coefficient (Wildman–Crippen LogP) is -1.51. The van der Waals surface area contributed by atoms with Gasteiger partial charge in [0, 0.05) is 26.1 Å². The molecule has 3 aliphatic heterocycles. The Morgan fingerprint density at radius 1 is 1.39 bits per heavy atom. The molecule has 4 rings (SSSR count). The summed E-state index contributed by atoms with van der Waals surface area (Å²) in [5.41, 5.74) is 1.08. The van der Waals surface area contributed by atoms with Crippen molar-refractivity contribution < 1.29 is 29.0 Å². The molecule has 1 aromatic heterocycles. The number of carbonyl (C=O) groups excluding carboxylic acids is 3. The number of nitrogens with zero attached hydrogens (tertiary/aromatic N) is 2. The molecule has 0 spiro atoms. The molecule has 0 radical (unpaired) electrons. The largest absolute Gasteiger partial charge is 0.483 e. The summed E-state index contributed by atoms with van der Waals surface area (Å²) in [5, 5.41) is 15.1.